The maximum absolute atomic E-state index is 14.5. The molecular weight excluding hydrogens is 682 g/mol. The van der Waals surface area contributed by atoms with Gasteiger partial charge in [-0.05, 0) is 86.3 Å². The van der Waals surface area contributed by atoms with Gasteiger partial charge in [0.15, 0.2) is 17.1 Å². The van der Waals surface area contributed by atoms with Crippen LogP contribution in [0, 0.1) is 11.6 Å². The molecule has 0 N–H and O–H groups in total. The molecule has 1 amide bonds. The van der Waals surface area contributed by atoms with Crippen molar-refractivity contribution in [2.45, 2.75) is 55.7 Å². The van der Waals surface area contributed by atoms with E-state index in [1.807, 2.05) is 0 Å². The van der Waals surface area contributed by atoms with Gasteiger partial charge in [-0.15, -0.1) is 11.8 Å². The summed E-state index contributed by atoms with van der Waals surface area (Å²) in [5, 5.41) is 0.770. The number of pyridine rings is 1. The van der Waals surface area contributed by atoms with Crippen molar-refractivity contribution < 1.29 is 26.7 Å². The summed E-state index contributed by atoms with van der Waals surface area (Å²) in [4.78, 5) is 31.3. The first-order valence-electron chi connectivity index (χ1n) is 17.0. The molecule has 1 saturated heterocycles. The van der Waals surface area contributed by atoms with Crippen LogP contribution in [-0.2, 0) is 29.8 Å². The molecule has 1 aromatic heterocycles. The zero-order valence-electron chi connectivity index (χ0n) is 28.0. The Hall–Kier alpha value is -4.48. The van der Waals surface area contributed by atoms with Crippen molar-refractivity contribution in [2.24, 2.45) is 0 Å². The number of aromatic nitrogens is 1. The minimum atomic E-state index is -4.62. The van der Waals surface area contributed by atoms with Crippen molar-refractivity contribution >= 4 is 28.6 Å². The van der Waals surface area contributed by atoms with Crippen LogP contribution in [0.2, 0.25) is 0 Å². The normalized spacial score (nSPS) is 13.6. The Kier molecular flexibility index (Phi) is 11.6. The Labute approximate surface area is 297 Å². The van der Waals surface area contributed by atoms with Gasteiger partial charge in [0.1, 0.15) is 6.54 Å². The van der Waals surface area contributed by atoms with E-state index in [-0.39, 0.29) is 41.3 Å². The van der Waals surface area contributed by atoms with Crippen LogP contribution >= 0.6 is 11.8 Å². The number of rotatable bonds is 13. The van der Waals surface area contributed by atoms with Crippen LogP contribution in [0.4, 0.5) is 22.0 Å². The van der Waals surface area contributed by atoms with Crippen molar-refractivity contribution in [1.82, 2.24) is 14.4 Å². The fraction of sp³-hybridized carbons (Fsp3) is 0.300. The minimum absolute atomic E-state index is 0.00373. The number of halogens is 5. The second kappa shape index (κ2) is 16.2. The Bertz CT molecular complexity index is 2040. The van der Waals surface area contributed by atoms with E-state index >= 15 is 0 Å². The minimum Gasteiger partial charge on any atom is -0.337 e. The predicted molar refractivity (Wildman–Crippen MR) is 191 cm³/mol. The van der Waals surface area contributed by atoms with Crippen molar-refractivity contribution in [2.75, 3.05) is 26.2 Å². The summed E-state index contributed by atoms with van der Waals surface area (Å²) >= 11 is 1.10. The molecule has 266 valence electrons. The molecule has 51 heavy (non-hydrogen) atoms. The second-order valence-corrected chi connectivity index (χ2v) is 13.8. The van der Waals surface area contributed by atoms with Crippen LogP contribution in [0.25, 0.3) is 22.0 Å². The number of benzene rings is 4. The van der Waals surface area contributed by atoms with Gasteiger partial charge in [-0.25, -0.2) is 8.78 Å². The fourth-order valence-electron chi connectivity index (χ4n) is 6.58. The third kappa shape index (κ3) is 8.88. The summed E-state index contributed by atoms with van der Waals surface area (Å²) < 4.78 is 73.4. The smallest absolute Gasteiger partial charge is 0.337 e. The second-order valence-electron chi connectivity index (χ2n) is 12.8. The fourth-order valence-corrected chi connectivity index (χ4v) is 7.62. The van der Waals surface area contributed by atoms with E-state index in [9.17, 15) is 31.5 Å². The summed E-state index contributed by atoms with van der Waals surface area (Å²) in [6.45, 7) is 3.02. The van der Waals surface area contributed by atoms with Gasteiger partial charge in [-0.1, -0.05) is 66.7 Å². The summed E-state index contributed by atoms with van der Waals surface area (Å²) in [6.07, 6.45) is -0.823. The van der Waals surface area contributed by atoms with Gasteiger partial charge >= 0.3 is 6.18 Å². The molecule has 0 bridgehead atoms. The maximum atomic E-state index is 14.5. The van der Waals surface area contributed by atoms with Crippen LogP contribution in [-0.4, -0.2) is 46.5 Å². The molecule has 1 aliphatic rings. The number of hydrogen-bond donors (Lipinski definition) is 0. The van der Waals surface area contributed by atoms with Crippen LogP contribution in [0.3, 0.4) is 0 Å². The average molecular weight is 720 g/mol. The van der Waals surface area contributed by atoms with Gasteiger partial charge in [-0.3, -0.25) is 9.59 Å². The Morgan fingerprint density at radius 3 is 2.35 bits per heavy atom. The molecular formula is C40H38F5N3O2S. The van der Waals surface area contributed by atoms with Gasteiger partial charge in [0.25, 0.3) is 0 Å². The van der Waals surface area contributed by atoms with Crippen LogP contribution < -0.4 is 5.43 Å². The van der Waals surface area contributed by atoms with Gasteiger partial charge in [-0.2, -0.15) is 13.2 Å². The first kappa shape index (κ1) is 36.3. The summed E-state index contributed by atoms with van der Waals surface area (Å²) in [7, 11) is 0. The highest BCUT2D eigenvalue weighted by atomic mass is 32.2. The molecule has 1 fully saturated rings. The van der Waals surface area contributed by atoms with E-state index in [0.717, 1.165) is 62.8 Å². The Morgan fingerprint density at radius 2 is 1.59 bits per heavy atom. The first-order chi connectivity index (χ1) is 24.6. The van der Waals surface area contributed by atoms with E-state index in [1.54, 1.807) is 70.1 Å². The lowest BCUT2D eigenvalue weighted by Crippen LogP contribution is -2.35. The topological polar surface area (TPSA) is 45.6 Å². The zero-order chi connectivity index (χ0) is 36.0. The summed E-state index contributed by atoms with van der Waals surface area (Å²) in [5.74, 6) is -2.30. The number of para-hydroxylation sites is 1. The predicted octanol–water partition coefficient (Wildman–Crippen LogP) is 9.16. The highest BCUT2D eigenvalue weighted by Crippen LogP contribution is 2.38. The lowest BCUT2D eigenvalue weighted by Gasteiger charge is -2.26. The molecule has 0 atom stereocenters. The summed E-state index contributed by atoms with van der Waals surface area (Å²) in [5.41, 5.74) is 0.385. The number of hydrogen-bond acceptors (Lipinski definition) is 4. The largest absolute Gasteiger partial charge is 0.417 e. The third-order valence-corrected chi connectivity index (χ3v) is 10.3. The Morgan fingerprint density at radius 1 is 0.843 bits per heavy atom. The molecule has 6 rings (SSSR count). The van der Waals surface area contributed by atoms with Crippen molar-refractivity contribution in [3.05, 3.63) is 136 Å². The van der Waals surface area contributed by atoms with E-state index in [4.69, 9.17) is 0 Å². The van der Waals surface area contributed by atoms with Gasteiger partial charge in [0.05, 0.1) is 16.1 Å². The van der Waals surface area contributed by atoms with Crippen molar-refractivity contribution in [3.8, 4) is 11.1 Å². The van der Waals surface area contributed by atoms with E-state index in [2.05, 4.69) is 4.90 Å². The molecule has 0 spiro atoms. The molecule has 11 heteroatoms. The van der Waals surface area contributed by atoms with Crippen LogP contribution in [0.15, 0.2) is 107 Å². The number of amides is 1. The van der Waals surface area contributed by atoms with Gasteiger partial charge < -0.3 is 14.4 Å². The number of unbranched alkanes of at least 4 members (excludes halogenated alkanes) is 1. The van der Waals surface area contributed by atoms with Gasteiger partial charge in [0.2, 0.25) is 5.91 Å². The molecule has 0 unspecified atom stereocenters. The third-order valence-electron chi connectivity index (χ3n) is 9.23. The number of likely N-dealkylation sites (tertiary alicyclic amines) is 1. The number of thioether (sulfide) groups is 1. The molecule has 5 nitrogen and oxygen atoms in total. The van der Waals surface area contributed by atoms with E-state index in [0.29, 0.717) is 40.0 Å². The maximum Gasteiger partial charge on any atom is 0.417 e. The molecule has 2 heterocycles. The van der Waals surface area contributed by atoms with Crippen LogP contribution in [0.1, 0.15) is 42.4 Å². The van der Waals surface area contributed by atoms with E-state index in [1.165, 1.54) is 24.3 Å². The molecule has 4 aromatic carbocycles. The molecule has 5 aromatic rings. The highest BCUT2D eigenvalue weighted by molar-refractivity contribution is 7.98. The molecule has 0 radical (unpaired) electrons. The Balaban J connectivity index is 1.31. The van der Waals surface area contributed by atoms with Crippen LogP contribution in [0.5, 0.6) is 0 Å². The summed E-state index contributed by atoms with van der Waals surface area (Å²) in [6, 6.07) is 24.7. The first-order valence-corrected chi connectivity index (χ1v) is 18.0. The number of carbonyl (C=O) groups is 1. The molecule has 0 aliphatic carbocycles. The number of fused-ring (bicyclic) bond motifs is 1. The lowest BCUT2D eigenvalue weighted by atomic mass is 9.97. The zero-order valence-corrected chi connectivity index (χ0v) is 28.8. The van der Waals surface area contributed by atoms with E-state index < -0.39 is 23.4 Å². The molecule has 1 aliphatic heterocycles. The quantitative estimate of drug-likeness (QED) is 0.0692. The standard InChI is InChI=1S/C40H38F5N3O2S/c41-34-15-10-13-30(39(34)42)27-51-38-24-36(49)32-14-4-5-16-35(32)48(38)26-37(50)47(22-9-8-21-46-19-6-7-20-46)25-28-17-18-31(29-11-2-1-3-12-29)33(23-28)40(43,44)45/h1-5,10-18,23-24H,6-9,19-22,25-27H2. The average Bonchev–Trinajstić information content (AvgIpc) is 3.65. The number of carbonyl (C=O) groups excluding carboxylic acids is 1. The monoisotopic (exact) mass is 719 g/mol. The number of alkyl halides is 3. The van der Waals surface area contributed by atoms with Gasteiger partial charge in [0, 0.05) is 35.9 Å². The highest BCUT2D eigenvalue weighted by Gasteiger charge is 2.34. The van der Waals surface area contributed by atoms with Crippen molar-refractivity contribution in [3.63, 3.8) is 0 Å². The van der Waals surface area contributed by atoms with Crippen molar-refractivity contribution in [1.29, 1.82) is 0 Å². The SMILES string of the molecule is O=C(Cn1c(SCc2cccc(F)c2F)cc(=O)c2ccccc21)N(CCCCN1CCCC1)Cc1ccc(-c2ccccc2)c(C(F)(F)F)c1. The molecule has 0 saturated carbocycles. The number of nitrogens with zero attached hydrogens (tertiary/aromatic N) is 3. The lowest BCUT2D eigenvalue weighted by molar-refractivity contribution is -0.137.